The van der Waals surface area contributed by atoms with Crippen molar-refractivity contribution in [3.63, 3.8) is 0 Å². The van der Waals surface area contributed by atoms with E-state index in [-0.39, 0.29) is 11.8 Å². The molecule has 1 rings (SSSR count). The highest BCUT2D eigenvalue weighted by atomic mass is 16.5. The van der Waals surface area contributed by atoms with Gasteiger partial charge in [0.1, 0.15) is 0 Å². The number of nitrogens with zero attached hydrogens (tertiary/aromatic N) is 2. The number of rotatable bonds is 8. The van der Waals surface area contributed by atoms with Crippen LogP contribution in [-0.4, -0.2) is 35.0 Å². The van der Waals surface area contributed by atoms with Gasteiger partial charge in [-0.15, -0.1) is 10.2 Å². The van der Waals surface area contributed by atoms with Crippen molar-refractivity contribution in [1.29, 1.82) is 0 Å². The predicted molar refractivity (Wildman–Crippen MR) is 64.2 cm³/mol. The Morgan fingerprint density at radius 1 is 1.39 bits per heavy atom. The molecule has 0 fully saturated rings. The van der Waals surface area contributed by atoms with Crippen molar-refractivity contribution in [2.45, 2.75) is 39.5 Å². The molecule has 0 aliphatic heterocycles. The minimum atomic E-state index is -0.820. The molecular formula is C12H20N2O4. The van der Waals surface area contributed by atoms with Crippen LogP contribution in [0.25, 0.3) is 0 Å². The lowest BCUT2D eigenvalue weighted by atomic mass is 9.86. The maximum Gasteiger partial charge on any atom is 0.303 e. The van der Waals surface area contributed by atoms with E-state index in [1.165, 1.54) is 0 Å². The summed E-state index contributed by atoms with van der Waals surface area (Å²) >= 11 is 0. The summed E-state index contributed by atoms with van der Waals surface area (Å²) in [5, 5.41) is 16.7. The number of carbonyl (C=O) groups is 1. The summed E-state index contributed by atoms with van der Waals surface area (Å²) in [5.74, 6) is 0.252. The average Bonchev–Trinajstić information content (AvgIpc) is 2.63. The lowest BCUT2D eigenvalue weighted by Crippen LogP contribution is -2.19. The lowest BCUT2D eigenvalue weighted by Gasteiger charge is -2.19. The molecule has 0 saturated carbocycles. The van der Waals surface area contributed by atoms with Crippen molar-refractivity contribution in [2.75, 3.05) is 13.7 Å². The van der Waals surface area contributed by atoms with Crippen LogP contribution in [-0.2, 0) is 22.4 Å². The SMILES string of the molecule is COCCCc1nnc(CC(C)(C)CC(=O)O)o1. The summed E-state index contributed by atoms with van der Waals surface area (Å²) < 4.78 is 10.4. The van der Waals surface area contributed by atoms with Crippen molar-refractivity contribution in [3.8, 4) is 0 Å². The Hall–Kier alpha value is -1.43. The van der Waals surface area contributed by atoms with Crippen LogP contribution in [0, 0.1) is 5.41 Å². The molecule has 0 atom stereocenters. The molecule has 18 heavy (non-hydrogen) atoms. The molecule has 0 spiro atoms. The van der Waals surface area contributed by atoms with E-state index < -0.39 is 5.97 Å². The average molecular weight is 256 g/mol. The summed E-state index contributed by atoms with van der Waals surface area (Å²) in [7, 11) is 1.65. The molecule has 1 heterocycles. The number of methoxy groups -OCH3 is 1. The molecule has 1 aromatic heterocycles. The molecule has 0 bridgehead atoms. The number of carboxylic acid groups (broad SMARTS) is 1. The summed E-state index contributed by atoms with van der Waals surface area (Å²) in [6.45, 7) is 4.40. The topological polar surface area (TPSA) is 85.5 Å². The van der Waals surface area contributed by atoms with Gasteiger partial charge in [-0.25, -0.2) is 0 Å². The third-order valence-electron chi connectivity index (χ3n) is 2.51. The highest BCUT2D eigenvalue weighted by molar-refractivity contribution is 5.67. The molecule has 0 aliphatic rings. The number of aliphatic carboxylic acids is 1. The van der Waals surface area contributed by atoms with Crippen LogP contribution >= 0.6 is 0 Å². The van der Waals surface area contributed by atoms with Gasteiger partial charge in [0.15, 0.2) is 0 Å². The van der Waals surface area contributed by atoms with Gasteiger partial charge in [0.2, 0.25) is 11.8 Å². The van der Waals surface area contributed by atoms with Gasteiger partial charge in [-0.2, -0.15) is 0 Å². The van der Waals surface area contributed by atoms with E-state index in [4.69, 9.17) is 14.3 Å². The molecule has 0 aliphatic carbocycles. The molecule has 0 aromatic carbocycles. The first kappa shape index (κ1) is 14.6. The Morgan fingerprint density at radius 3 is 2.67 bits per heavy atom. The molecule has 0 saturated heterocycles. The van der Waals surface area contributed by atoms with Crippen LogP contribution < -0.4 is 0 Å². The van der Waals surface area contributed by atoms with Gasteiger partial charge in [-0.05, 0) is 11.8 Å². The Kier molecular flexibility index (Phi) is 5.27. The van der Waals surface area contributed by atoms with Gasteiger partial charge >= 0.3 is 5.97 Å². The molecule has 1 aromatic rings. The standard InChI is InChI=1S/C12H20N2O4/c1-12(2,8-11(15)16)7-10-14-13-9(18-10)5-4-6-17-3/h4-8H2,1-3H3,(H,15,16). The zero-order chi connectivity index (χ0) is 13.6. The molecule has 0 unspecified atom stereocenters. The van der Waals surface area contributed by atoms with E-state index in [1.54, 1.807) is 7.11 Å². The number of aromatic nitrogens is 2. The minimum Gasteiger partial charge on any atom is -0.481 e. The van der Waals surface area contributed by atoms with Crippen LogP contribution in [0.4, 0.5) is 0 Å². The van der Waals surface area contributed by atoms with Gasteiger partial charge in [0.25, 0.3) is 0 Å². The molecule has 1 N–H and O–H groups in total. The fraction of sp³-hybridized carbons (Fsp3) is 0.750. The van der Waals surface area contributed by atoms with E-state index >= 15 is 0 Å². The number of hydrogen-bond donors (Lipinski definition) is 1. The normalized spacial score (nSPS) is 11.7. The van der Waals surface area contributed by atoms with Gasteiger partial charge in [0.05, 0.1) is 6.42 Å². The van der Waals surface area contributed by atoms with Crippen LogP contribution in [0.15, 0.2) is 4.42 Å². The Labute approximate surface area is 106 Å². The highest BCUT2D eigenvalue weighted by Gasteiger charge is 2.25. The van der Waals surface area contributed by atoms with Gasteiger partial charge < -0.3 is 14.3 Å². The van der Waals surface area contributed by atoms with Crippen molar-refractivity contribution >= 4 is 5.97 Å². The summed E-state index contributed by atoms with van der Waals surface area (Å²) in [6, 6.07) is 0. The molecule has 6 heteroatoms. The fourth-order valence-electron chi connectivity index (χ4n) is 1.71. The van der Waals surface area contributed by atoms with Gasteiger partial charge in [-0.1, -0.05) is 13.8 Å². The van der Waals surface area contributed by atoms with Gasteiger partial charge in [0, 0.05) is 26.6 Å². The summed E-state index contributed by atoms with van der Waals surface area (Å²) in [4.78, 5) is 10.7. The predicted octanol–water partition coefficient (Wildman–Crippen LogP) is 1.69. The number of carboxylic acids is 1. The van der Waals surface area contributed by atoms with E-state index in [1.807, 2.05) is 13.8 Å². The third-order valence-corrected chi connectivity index (χ3v) is 2.51. The van der Waals surface area contributed by atoms with Crippen molar-refractivity contribution in [3.05, 3.63) is 11.8 Å². The van der Waals surface area contributed by atoms with Crippen LogP contribution in [0.3, 0.4) is 0 Å². The van der Waals surface area contributed by atoms with Crippen molar-refractivity contribution in [1.82, 2.24) is 10.2 Å². The minimum absolute atomic E-state index is 0.0778. The largest absolute Gasteiger partial charge is 0.481 e. The first-order valence-corrected chi connectivity index (χ1v) is 5.95. The zero-order valence-corrected chi connectivity index (χ0v) is 11.1. The van der Waals surface area contributed by atoms with Crippen LogP contribution in [0.1, 0.15) is 38.5 Å². The van der Waals surface area contributed by atoms with E-state index in [9.17, 15) is 4.79 Å². The molecule has 102 valence electrons. The maximum atomic E-state index is 10.7. The second kappa shape index (κ2) is 6.49. The van der Waals surface area contributed by atoms with Crippen LogP contribution in [0.2, 0.25) is 0 Å². The Bertz CT molecular complexity index is 387. The smallest absolute Gasteiger partial charge is 0.303 e. The fourth-order valence-corrected chi connectivity index (χ4v) is 1.71. The second-order valence-corrected chi connectivity index (χ2v) is 5.10. The van der Waals surface area contributed by atoms with E-state index in [0.717, 1.165) is 6.42 Å². The van der Waals surface area contributed by atoms with Crippen molar-refractivity contribution < 1.29 is 19.1 Å². The number of aryl methyl sites for hydroxylation is 1. The first-order chi connectivity index (χ1) is 8.43. The maximum absolute atomic E-state index is 10.7. The third kappa shape index (κ3) is 5.27. The lowest BCUT2D eigenvalue weighted by molar-refractivity contribution is -0.139. The first-order valence-electron chi connectivity index (χ1n) is 5.95. The quantitative estimate of drug-likeness (QED) is 0.712. The molecule has 0 amide bonds. The Morgan fingerprint density at radius 2 is 2.06 bits per heavy atom. The summed E-state index contributed by atoms with van der Waals surface area (Å²) in [6.07, 6.45) is 2.06. The van der Waals surface area contributed by atoms with Crippen LogP contribution in [0.5, 0.6) is 0 Å². The second-order valence-electron chi connectivity index (χ2n) is 5.10. The number of hydrogen-bond acceptors (Lipinski definition) is 5. The molecular weight excluding hydrogens is 236 g/mol. The van der Waals surface area contributed by atoms with E-state index in [0.29, 0.717) is 31.2 Å². The summed E-state index contributed by atoms with van der Waals surface area (Å²) in [5.41, 5.74) is -0.387. The Balaban J connectivity index is 2.50. The van der Waals surface area contributed by atoms with E-state index in [2.05, 4.69) is 10.2 Å². The van der Waals surface area contributed by atoms with Crippen molar-refractivity contribution in [2.24, 2.45) is 5.41 Å². The molecule has 0 radical (unpaired) electrons. The highest BCUT2D eigenvalue weighted by Crippen LogP contribution is 2.25. The molecule has 6 nitrogen and oxygen atoms in total. The monoisotopic (exact) mass is 256 g/mol. The zero-order valence-electron chi connectivity index (χ0n) is 11.1. The number of ether oxygens (including phenoxy) is 1. The van der Waals surface area contributed by atoms with Gasteiger partial charge in [-0.3, -0.25) is 4.79 Å².